The summed E-state index contributed by atoms with van der Waals surface area (Å²) < 4.78 is 42.5. The van der Waals surface area contributed by atoms with Crippen LogP contribution < -0.4 is 15.7 Å². The van der Waals surface area contributed by atoms with Crippen LogP contribution in [-0.2, 0) is 10.4 Å². The van der Waals surface area contributed by atoms with Crippen LogP contribution in [0.25, 0.3) is 33.3 Å². The molecule has 2 aromatic rings. The van der Waals surface area contributed by atoms with Crippen molar-refractivity contribution in [3.8, 4) is 11.5 Å². The molecule has 8 nitrogen and oxygen atoms in total. The highest BCUT2D eigenvalue weighted by atomic mass is 32.3. The average molecular weight is 431 g/mol. The molecule has 2 aliphatic rings. The summed E-state index contributed by atoms with van der Waals surface area (Å²) in [6, 6.07) is 16.1. The number of hydrogen-bond donors (Lipinski definition) is 1. The minimum atomic E-state index is -5.17. The van der Waals surface area contributed by atoms with E-state index in [4.69, 9.17) is 32.7 Å². The number of aromatic nitrogens is 1. The molecule has 0 radical (unpaired) electrons. The minimum Gasteiger partial charge on any atom is -0.759 e. The van der Waals surface area contributed by atoms with Crippen LogP contribution in [0.3, 0.4) is 0 Å². The van der Waals surface area contributed by atoms with Gasteiger partial charge in [0.15, 0.2) is 11.3 Å². The van der Waals surface area contributed by atoms with E-state index in [1.165, 1.54) is 0 Å². The van der Waals surface area contributed by atoms with Crippen LogP contribution in [0.5, 0.6) is 0 Å². The van der Waals surface area contributed by atoms with E-state index in [9.17, 15) is 0 Å². The predicted molar refractivity (Wildman–Crippen MR) is 116 cm³/mol. The number of fused-ring (bicyclic) bond motifs is 4. The SMILES string of the molecule is C.CC[N+](CC)=c1ccc2nc3c(cc(N)c4ccccc43)oc-2c1.O=S(=O)([O-])[O-]. The first-order chi connectivity index (χ1) is 13.7. The molecule has 30 heavy (non-hydrogen) atoms. The van der Waals surface area contributed by atoms with E-state index in [0.717, 1.165) is 51.8 Å². The first-order valence-electron chi connectivity index (χ1n) is 8.97. The Morgan fingerprint density at radius 1 is 1.03 bits per heavy atom. The summed E-state index contributed by atoms with van der Waals surface area (Å²) in [5.41, 5.74) is 9.33. The Balaban J connectivity index is 0.000000482. The number of hydrogen-bond acceptors (Lipinski definition) is 7. The summed E-state index contributed by atoms with van der Waals surface area (Å²) in [5, 5.41) is 3.17. The maximum absolute atomic E-state index is 8.52. The van der Waals surface area contributed by atoms with Gasteiger partial charge in [0, 0.05) is 39.0 Å². The van der Waals surface area contributed by atoms with Crippen molar-refractivity contribution in [3.63, 3.8) is 0 Å². The number of benzene rings is 3. The third kappa shape index (κ3) is 5.12. The van der Waals surface area contributed by atoms with Gasteiger partial charge in [-0.3, -0.25) is 8.42 Å². The Morgan fingerprint density at radius 3 is 2.23 bits per heavy atom. The Morgan fingerprint density at radius 2 is 1.63 bits per heavy atom. The van der Waals surface area contributed by atoms with Crippen LogP contribution >= 0.6 is 0 Å². The van der Waals surface area contributed by atoms with E-state index in [1.54, 1.807) is 0 Å². The van der Waals surface area contributed by atoms with E-state index < -0.39 is 10.4 Å². The van der Waals surface area contributed by atoms with E-state index >= 15 is 0 Å². The molecule has 9 heteroatoms. The lowest BCUT2D eigenvalue weighted by molar-refractivity contribution is 0.352. The second kappa shape index (κ2) is 9.21. The fourth-order valence-corrected chi connectivity index (χ4v) is 3.26. The summed E-state index contributed by atoms with van der Waals surface area (Å²) in [5.74, 6) is 0.779. The standard InChI is InChI=1S/C20H19N3O.CH4.H2O4S/c1-3-23(4-2)13-9-10-17-18(11-13)24-19-12-16(21)14-7-5-6-8-15(14)20(19)22-17;;1-5(2,3)4/h5-12,21H,3-4H2,1-2H3;1H4;(H2,1,2,3,4)/p-1. The third-order valence-corrected chi connectivity index (χ3v) is 4.54. The fraction of sp³-hybridized carbons (Fsp3) is 0.238. The topological polar surface area (TPSA) is 135 Å². The van der Waals surface area contributed by atoms with Crippen molar-refractivity contribution in [2.45, 2.75) is 21.3 Å². The van der Waals surface area contributed by atoms with Crippen molar-refractivity contribution < 1.29 is 21.9 Å². The zero-order valence-electron chi connectivity index (χ0n) is 16.0. The van der Waals surface area contributed by atoms with Gasteiger partial charge in [0.2, 0.25) is 5.36 Å². The van der Waals surface area contributed by atoms with E-state index in [0.29, 0.717) is 5.69 Å². The molecule has 1 aliphatic carbocycles. The molecule has 0 atom stereocenters. The number of nitrogens with zero attached hydrogens (tertiary/aromatic N) is 2. The molecule has 0 spiro atoms. The molecule has 1 aliphatic heterocycles. The predicted octanol–water partition coefficient (Wildman–Crippen LogP) is 2.78. The van der Waals surface area contributed by atoms with Crippen LogP contribution in [0.2, 0.25) is 0 Å². The zero-order chi connectivity index (χ0) is 21.2. The Bertz CT molecular complexity index is 1320. The lowest BCUT2D eigenvalue weighted by atomic mass is 10.1. The molecule has 2 aromatic carbocycles. The lowest BCUT2D eigenvalue weighted by Gasteiger charge is -2.10. The van der Waals surface area contributed by atoms with Crippen molar-refractivity contribution in [2.24, 2.45) is 0 Å². The molecule has 0 saturated carbocycles. The summed E-state index contributed by atoms with van der Waals surface area (Å²) in [7, 11) is -5.17. The van der Waals surface area contributed by atoms with Gasteiger partial charge >= 0.3 is 0 Å². The largest absolute Gasteiger partial charge is 0.759 e. The highest BCUT2D eigenvalue weighted by Gasteiger charge is 2.14. The second-order valence-electron chi connectivity index (χ2n) is 6.30. The van der Waals surface area contributed by atoms with Crippen molar-refractivity contribution in [3.05, 3.63) is 53.9 Å². The summed E-state index contributed by atoms with van der Waals surface area (Å²) in [6.07, 6.45) is 0. The van der Waals surface area contributed by atoms with Crippen molar-refractivity contribution in [2.75, 3.05) is 18.8 Å². The fourth-order valence-electron chi connectivity index (χ4n) is 3.26. The van der Waals surface area contributed by atoms with E-state index in [1.807, 2.05) is 36.4 Å². The molecule has 0 aromatic heterocycles. The van der Waals surface area contributed by atoms with Crippen LogP contribution in [0.15, 0.2) is 52.9 Å². The Kier molecular flexibility index (Phi) is 7.14. The van der Waals surface area contributed by atoms with Crippen LogP contribution in [0.1, 0.15) is 21.3 Å². The summed E-state index contributed by atoms with van der Waals surface area (Å²) in [4.78, 5) is 4.83. The van der Waals surface area contributed by atoms with Gasteiger partial charge in [-0.05, 0) is 19.9 Å². The van der Waals surface area contributed by atoms with Crippen molar-refractivity contribution >= 4 is 38.0 Å². The molecule has 2 N–H and O–H groups in total. The number of rotatable bonds is 2. The summed E-state index contributed by atoms with van der Waals surface area (Å²) >= 11 is 0. The number of nitrogens with two attached hydrogens (primary N) is 1. The normalized spacial score (nSPS) is 11.1. The number of anilines is 1. The molecule has 4 rings (SSSR count). The van der Waals surface area contributed by atoms with Gasteiger partial charge in [-0.25, -0.2) is 9.56 Å². The third-order valence-electron chi connectivity index (χ3n) is 4.54. The maximum Gasteiger partial charge on any atom is 0.203 e. The molecule has 160 valence electrons. The molecule has 0 bridgehead atoms. The molecule has 0 amide bonds. The molecule has 0 fully saturated rings. The second-order valence-corrected chi connectivity index (χ2v) is 7.12. The average Bonchev–Trinajstić information content (AvgIpc) is 2.67. The van der Waals surface area contributed by atoms with Gasteiger partial charge < -0.3 is 19.3 Å². The van der Waals surface area contributed by atoms with Gasteiger partial charge in [-0.1, -0.05) is 31.7 Å². The van der Waals surface area contributed by atoms with Gasteiger partial charge in [0.05, 0.1) is 6.07 Å². The maximum atomic E-state index is 8.52. The Hall–Kier alpha value is -3.01. The highest BCUT2D eigenvalue weighted by molar-refractivity contribution is 7.79. The molecule has 1 heterocycles. The van der Waals surface area contributed by atoms with Gasteiger partial charge in [0.25, 0.3) is 0 Å². The summed E-state index contributed by atoms with van der Waals surface area (Å²) in [6.45, 7) is 6.22. The molecular formula is C21H24N3O5S-. The van der Waals surface area contributed by atoms with Gasteiger partial charge in [0.1, 0.15) is 24.3 Å². The molecule has 0 saturated heterocycles. The Labute approximate surface area is 175 Å². The molecular weight excluding hydrogens is 406 g/mol. The monoisotopic (exact) mass is 430 g/mol. The zero-order valence-corrected chi connectivity index (χ0v) is 16.8. The quantitative estimate of drug-likeness (QED) is 0.129. The van der Waals surface area contributed by atoms with E-state index in [2.05, 4.69) is 30.6 Å². The first kappa shape index (κ1) is 23.3. The van der Waals surface area contributed by atoms with Crippen LogP contribution in [0.4, 0.5) is 5.69 Å². The smallest absolute Gasteiger partial charge is 0.203 e. The highest BCUT2D eigenvalue weighted by Crippen LogP contribution is 2.32. The van der Waals surface area contributed by atoms with Gasteiger partial charge in [-0.2, -0.15) is 0 Å². The first-order valence-corrected chi connectivity index (χ1v) is 10.3. The number of nitrogen functional groups attached to an aromatic ring is 1. The van der Waals surface area contributed by atoms with Crippen molar-refractivity contribution in [1.29, 1.82) is 0 Å². The lowest BCUT2D eigenvalue weighted by Crippen LogP contribution is -2.29. The minimum absolute atomic E-state index is 0. The van der Waals surface area contributed by atoms with Crippen molar-refractivity contribution in [1.82, 2.24) is 9.56 Å². The van der Waals surface area contributed by atoms with E-state index in [-0.39, 0.29) is 7.43 Å². The molecule has 0 unspecified atom stereocenters. The van der Waals surface area contributed by atoms with Crippen LogP contribution in [0, 0.1) is 0 Å². The van der Waals surface area contributed by atoms with Crippen LogP contribution in [-0.4, -0.2) is 35.6 Å². The van der Waals surface area contributed by atoms with Gasteiger partial charge in [-0.15, -0.1) is 0 Å².